The van der Waals surface area contributed by atoms with E-state index in [0.29, 0.717) is 17.3 Å². The Balaban J connectivity index is 1.72. The van der Waals surface area contributed by atoms with Crippen LogP contribution >= 0.6 is 0 Å². The average Bonchev–Trinajstić information content (AvgIpc) is 3.39. The Hall–Kier alpha value is -3.10. The number of nitrogens with two attached hydrogens (primary N) is 1. The SMILES string of the molecule is NC(=O)C[C@H](C1CCCC1)n1cc(-c2ncnc3c2ccn3N=O)cn1. The molecule has 0 aromatic carbocycles. The lowest BCUT2D eigenvalue weighted by Crippen LogP contribution is -2.24. The van der Waals surface area contributed by atoms with Gasteiger partial charge in [0.25, 0.3) is 0 Å². The molecular weight excluding hydrogens is 334 g/mol. The van der Waals surface area contributed by atoms with Gasteiger partial charge in [-0.15, -0.1) is 4.91 Å². The van der Waals surface area contributed by atoms with Crippen LogP contribution in [-0.2, 0) is 4.79 Å². The van der Waals surface area contributed by atoms with Crippen molar-refractivity contribution < 1.29 is 4.79 Å². The molecule has 26 heavy (non-hydrogen) atoms. The van der Waals surface area contributed by atoms with Gasteiger partial charge in [-0.25, -0.2) is 9.97 Å². The third kappa shape index (κ3) is 2.85. The number of aromatic nitrogens is 5. The van der Waals surface area contributed by atoms with Gasteiger partial charge in [0.2, 0.25) is 5.91 Å². The predicted molar refractivity (Wildman–Crippen MR) is 94.7 cm³/mol. The summed E-state index contributed by atoms with van der Waals surface area (Å²) in [6, 6.07) is 1.71. The highest BCUT2D eigenvalue weighted by molar-refractivity contribution is 5.90. The van der Waals surface area contributed by atoms with Crippen molar-refractivity contribution in [2.75, 3.05) is 0 Å². The van der Waals surface area contributed by atoms with E-state index in [1.807, 2.05) is 10.9 Å². The van der Waals surface area contributed by atoms with Crippen LogP contribution in [0.3, 0.4) is 0 Å². The molecule has 1 saturated carbocycles. The highest BCUT2D eigenvalue weighted by Crippen LogP contribution is 2.36. The molecule has 1 amide bonds. The average molecular weight is 353 g/mol. The molecule has 2 N–H and O–H groups in total. The zero-order valence-electron chi connectivity index (χ0n) is 14.2. The van der Waals surface area contributed by atoms with E-state index < -0.39 is 0 Å². The van der Waals surface area contributed by atoms with Crippen LogP contribution in [0.5, 0.6) is 0 Å². The molecule has 1 aliphatic rings. The summed E-state index contributed by atoms with van der Waals surface area (Å²) in [5, 5.41) is 8.12. The summed E-state index contributed by atoms with van der Waals surface area (Å²) in [7, 11) is 0. The monoisotopic (exact) mass is 353 g/mol. The number of nitroso groups, excluding NO2 is 1. The van der Waals surface area contributed by atoms with Gasteiger partial charge in [0, 0.05) is 29.8 Å². The van der Waals surface area contributed by atoms with Gasteiger partial charge < -0.3 is 5.73 Å². The van der Waals surface area contributed by atoms with E-state index in [9.17, 15) is 9.70 Å². The van der Waals surface area contributed by atoms with Gasteiger partial charge in [0.05, 0.1) is 23.2 Å². The van der Waals surface area contributed by atoms with Crippen molar-refractivity contribution in [1.29, 1.82) is 0 Å². The topological polar surface area (TPSA) is 121 Å². The summed E-state index contributed by atoms with van der Waals surface area (Å²) in [6.45, 7) is 0. The number of carbonyl (C=O) groups is 1. The van der Waals surface area contributed by atoms with E-state index in [2.05, 4.69) is 20.4 Å². The minimum absolute atomic E-state index is 0.0395. The lowest BCUT2D eigenvalue weighted by molar-refractivity contribution is -0.119. The molecule has 0 radical (unpaired) electrons. The van der Waals surface area contributed by atoms with Crippen molar-refractivity contribution in [3.8, 4) is 11.3 Å². The number of amides is 1. The molecular formula is C17H19N7O2. The molecule has 9 nitrogen and oxygen atoms in total. The first-order valence-corrected chi connectivity index (χ1v) is 8.66. The fourth-order valence-corrected chi connectivity index (χ4v) is 3.90. The second kappa shape index (κ2) is 6.66. The first-order chi connectivity index (χ1) is 12.7. The Morgan fingerprint density at radius 2 is 2.15 bits per heavy atom. The van der Waals surface area contributed by atoms with Crippen molar-refractivity contribution in [3.63, 3.8) is 0 Å². The maximum atomic E-state index is 11.5. The van der Waals surface area contributed by atoms with Gasteiger partial charge in [0.1, 0.15) is 6.33 Å². The summed E-state index contributed by atoms with van der Waals surface area (Å²) < 4.78 is 3.00. The number of nitrogens with zero attached hydrogens (tertiary/aromatic N) is 6. The molecule has 1 atom stereocenters. The van der Waals surface area contributed by atoms with Crippen LogP contribution in [0.1, 0.15) is 38.1 Å². The molecule has 1 aliphatic carbocycles. The Kier molecular flexibility index (Phi) is 4.19. The van der Waals surface area contributed by atoms with Crippen LogP contribution in [0.15, 0.2) is 36.3 Å². The number of hydrogen-bond acceptors (Lipinski definition) is 6. The van der Waals surface area contributed by atoms with Crippen LogP contribution in [0.2, 0.25) is 0 Å². The largest absolute Gasteiger partial charge is 0.370 e. The van der Waals surface area contributed by atoms with Crippen LogP contribution in [0.25, 0.3) is 22.3 Å². The standard InChI is InChI=1S/C17H19N7O2/c18-15(25)7-14(11-3-1-2-4-11)24-9-12(8-21-24)16-13-5-6-23(22-26)17(13)20-10-19-16/h5-6,8-11,14H,1-4,7H2,(H2,18,25)/t14-/m1/s1. The van der Waals surface area contributed by atoms with Gasteiger partial charge in [-0.05, 0) is 24.8 Å². The third-order valence-corrected chi connectivity index (χ3v) is 5.12. The van der Waals surface area contributed by atoms with E-state index in [0.717, 1.165) is 23.8 Å². The van der Waals surface area contributed by atoms with Gasteiger partial charge in [0.15, 0.2) is 5.65 Å². The first kappa shape index (κ1) is 16.4. The molecule has 0 saturated heterocycles. The summed E-state index contributed by atoms with van der Waals surface area (Å²) in [5.74, 6) is 0.0820. The smallest absolute Gasteiger partial charge is 0.219 e. The van der Waals surface area contributed by atoms with E-state index in [4.69, 9.17) is 5.73 Å². The molecule has 9 heteroatoms. The zero-order chi connectivity index (χ0) is 18.1. The number of primary amides is 1. The lowest BCUT2D eigenvalue weighted by atomic mass is 9.95. The molecule has 3 aromatic heterocycles. The van der Waals surface area contributed by atoms with E-state index >= 15 is 0 Å². The third-order valence-electron chi connectivity index (χ3n) is 5.12. The number of hydrogen-bond donors (Lipinski definition) is 1. The summed E-state index contributed by atoms with van der Waals surface area (Å²) >= 11 is 0. The van der Waals surface area contributed by atoms with Crippen LogP contribution in [-0.4, -0.2) is 30.3 Å². The zero-order valence-corrected chi connectivity index (χ0v) is 14.2. The molecule has 134 valence electrons. The summed E-state index contributed by atoms with van der Waals surface area (Å²) in [5.41, 5.74) is 7.39. The number of carbonyl (C=O) groups excluding carboxylic acids is 1. The summed E-state index contributed by atoms with van der Waals surface area (Å²) in [6.07, 6.45) is 11.3. The minimum Gasteiger partial charge on any atom is -0.370 e. The Labute approximate surface area is 149 Å². The normalized spacial score (nSPS) is 16.2. The van der Waals surface area contributed by atoms with Gasteiger partial charge >= 0.3 is 0 Å². The fraction of sp³-hybridized carbons (Fsp3) is 0.412. The molecule has 0 unspecified atom stereocenters. The highest BCUT2D eigenvalue weighted by atomic mass is 16.3. The van der Waals surface area contributed by atoms with E-state index in [1.165, 1.54) is 23.8 Å². The van der Waals surface area contributed by atoms with E-state index in [1.54, 1.807) is 18.5 Å². The van der Waals surface area contributed by atoms with Crippen LogP contribution < -0.4 is 5.73 Å². The van der Waals surface area contributed by atoms with Crippen LogP contribution in [0.4, 0.5) is 0 Å². The Morgan fingerprint density at radius 3 is 2.88 bits per heavy atom. The Morgan fingerprint density at radius 1 is 1.35 bits per heavy atom. The fourth-order valence-electron chi connectivity index (χ4n) is 3.90. The van der Waals surface area contributed by atoms with Crippen LogP contribution in [0, 0.1) is 10.8 Å². The second-order valence-electron chi connectivity index (χ2n) is 6.69. The molecule has 0 spiro atoms. The molecule has 1 fully saturated rings. The molecule has 0 bridgehead atoms. The highest BCUT2D eigenvalue weighted by Gasteiger charge is 2.28. The van der Waals surface area contributed by atoms with Crippen molar-refractivity contribution >= 4 is 16.9 Å². The second-order valence-corrected chi connectivity index (χ2v) is 6.69. The van der Waals surface area contributed by atoms with Gasteiger partial charge in [-0.3, -0.25) is 9.48 Å². The number of rotatable bonds is 6. The Bertz CT molecular complexity index is 955. The van der Waals surface area contributed by atoms with Crippen molar-refractivity contribution in [1.82, 2.24) is 24.4 Å². The maximum absolute atomic E-state index is 11.5. The molecule has 3 heterocycles. The minimum atomic E-state index is -0.322. The predicted octanol–water partition coefficient (Wildman–Crippen LogP) is 2.43. The van der Waals surface area contributed by atoms with Crippen molar-refractivity contribution in [3.05, 3.63) is 35.9 Å². The first-order valence-electron chi connectivity index (χ1n) is 8.66. The maximum Gasteiger partial charge on any atom is 0.219 e. The van der Waals surface area contributed by atoms with Crippen molar-refractivity contribution in [2.45, 2.75) is 38.1 Å². The van der Waals surface area contributed by atoms with Crippen molar-refractivity contribution in [2.24, 2.45) is 16.9 Å². The van der Waals surface area contributed by atoms with Gasteiger partial charge in [-0.1, -0.05) is 12.8 Å². The quantitative estimate of drug-likeness (QED) is 0.682. The van der Waals surface area contributed by atoms with E-state index in [-0.39, 0.29) is 18.4 Å². The summed E-state index contributed by atoms with van der Waals surface area (Å²) in [4.78, 5) is 30.9. The molecule has 0 aliphatic heterocycles. The molecule has 3 aromatic rings. The number of fused-ring (bicyclic) bond motifs is 1. The molecule has 4 rings (SSSR count). The lowest BCUT2D eigenvalue weighted by Gasteiger charge is -2.22. The van der Waals surface area contributed by atoms with Gasteiger partial charge in [-0.2, -0.15) is 9.77 Å².